The van der Waals surface area contributed by atoms with Gasteiger partial charge in [0.1, 0.15) is 12.4 Å². The molecule has 1 aromatic rings. The topological polar surface area (TPSA) is 65.0 Å². The summed E-state index contributed by atoms with van der Waals surface area (Å²) in [5, 5.41) is 13.6. The van der Waals surface area contributed by atoms with Gasteiger partial charge in [-0.1, -0.05) is 6.07 Å². The summed E-state index contributed by atoms with van der Waals surface area (Å²) in [6.07, 6.45) is 0. The number of amides is 2. The van der Waals surface area contributed by atoms with Crippen molar-refractivity contribution < 1.29 is 14.7 Å². The summed E-state index contributed by atoms with van der Waals surface area (Å²) in [5.74, 6) is 0.774. The Labute approximate surface area is 125 Å². The highest BCUT2D eigenvalue weighted by Gasteiger charge is 2.19. The molecule has 0 spiro atoms. The van der Waals surface area contributed by atoms with Crippen LogP contribution in [0.15, 0.2) is 6.07 Å². The molecule has 1 fully saturated rings. The van der Waals surface area contributed by atoms with Gasteiger partial charge in [-0.05, 0) is 31.9 Å². The Kier molecular flexibility index (Phi) is 4.57. The number of rotatable bonds is 5. The monoisotopic (exact) mass is 293 g/mol. The number of carbonyl (C=O) groups is 1. The van der Waals surface area contributed by atoms with Crippen LogP contribution in [0.3, 0.4) is 0 Å². The van der Waals surface area contributed by atoms with Gasteiger partial charge in [0.05, 0.1) is 12.2 Å². The second-order valence-corrected chi connectivity index (χ2v) is 5.40. The lowest BCUT2D eigenvalue weighted by Crippen LogP contribution is -2.32. The molecule has 21 heavy (non-hydrogen) atoms. The van der Waals surface area contributed by atoms with Crippen LogP contribution in [-0.4, -0.2) is 49.4 Å². The molecule has 0 unspecified atom stereocenters. The van der Waals surface area contributed by atoms with Crippen molar-refractivity contribution in [2.45, 2.75) is 20.8 Å². The maximum absolute atomic E-state index is 11.5. The van der Waals surface area contributed by atoms with Crippen molar-refractivity contribution in [2.75, 3.05) is 38.4 Å². The van der Waals surface area contributed by atoms with E-state index in [-0.39, 0.29) is 6.03 Å². The molecule has 1 aliphatic heterocycles. The number of benzene rings is 1. The molecule has 1 aliphatic rings. The summed E-state index contributed by atoms with van der Waals surface area (Å²) in [5.41, 5.74) is 3.70. The molecule has 0 aliphatic carbocycles. The highest BCUT2D eigenvalue weighted by atomic mass is 16.5. The van der Waals surface area contributed by atoms with Gasteiger partial charge in [-0.2, -0.15) is 0 Å². The van der Waals surface area contributed by atoms with E-state index in [0.717, 1.165) is 39.7 Å². The number of urea groups is 1. The zero-order chi connectivity index (χ0) is 15.6. The van der Waals surface area contributed by atoms with Gasteiger partial charge < -0.3 is 15.0 Å². The maximum atomic E-state index is 11.5. The van der Waals surface area contributed by atoms with E-state index in [0.29, 0.717) is 19.7 Å². The second-order valence-electron chi connectivity index (χ2n) is 5.40. The van der Waals surface area contributed by atoms with E-state index in [2.05, 4.69) is 5.32 Å². The molecule has 1 saturated heterocycles. The molecular formula is C15H23N3O3. The highest BCUT2D eigenvalue weighted by molar-refractivity contribution is 5.76. The molecule has 2 N–H and O–H groups in total. The summed E-state index contributed by atoms with van der Waals surface area (Å²) >= 11 is 0. The van der Waals surface area contributed by atoms with Gasteiger partial charge in [-0.15, -0.1) is 0 Å². The van der Waals surface area contributed by atoms with Gasteiger partial charge in [-0.3, -0.25) is 10.3 Å². The number of hydrogen-bond donors (Lipinski definition) is 2. The maximum Gasteiger partial charge on any atom is 0.317 e. The van der Waals surface area contributed by atoms with E-state index in [1.807, 2.05) is 26.8 Å². The number of carbonyl (C=O) groups excluding carboxylic acids is 1. The Hall–Kier alpha value is -1.95. The molecule has 1 aromatic carbocycles. The number of hydrogen-bond acceptors (Lipinski definition) is 4. The number of aryl methyl sites for hydroxylation is 2. The Bertz CT molecular complexity index is 543. The number of anilines is 1. The molecule has 2 amide bonds. The summed E-state index contributed by atoms with van der Waals surface area (Å²) in [4.78, 5) is 13.2. The third kappa shape index (κ3) is 3.21. The van der Waals surface area contributed by atoms with Gasteiger partial charge in [-0.25, -0.2) is 4.79 Å². The van der Waals surface area contributed by atoms with Crippen molar-refractivity contribution in [3.05, 3.63) is 22.8 Å². The van der Waals surface area contributed by atoms with E-state index in [1.54, 1.807) is 11.9 Å². The lowest BCUT2D eigenvalue weighted by molar-refractivity contribution is 0.202. The van der Waals surface area contributed by atoms with Gasteiger partial charge >= 0.3 is 6.03 Å². The smallest absolute Gasteiger partial charge is 0.317 e. The number of nitrogens with zero attached hydrogens (tertiary/aromatic N) is 2. The van der Waals surface area contributed by atoms with Crippen LogP contribution < -0.4 is 15.1 Å². The zero-order valence-electron chi connectivity index (χ0n) is 13.1. The summed E-state index contributed by atoms with van der Waals surface area (Å²) in [7, 11) is 1.60. The van der Waals surface area contributed by atoms with Gasteiger partial charge in [0.15, 0.2) is 0 Å². The van der Waals surface area contributed by atoms with Crippen LogP contribution in [0.5, 0.6) is 5.75 Å². The Balaban J connectivity index is 2.09. The van der Waals surface area contributed by atoms with Crippen LogP contribution in [-0.2, 0) is 0 Å². The molecule has 6 nitrogen and oxygen atoms in total. The van der Waals surface area contributed by atoms with E-state index in [1.165, 1.54) is 0 Å². The van der Waals surface area contributed by atoms with Crippen molar-refractivity contribution in [1.29, 1.82) is 0 Å². The van der Waals surface area contributed by atoms with Crippen molar-refractivity contribution in [3.8, 4) is 5.75 Å². The summed E-state index contributed by atoms with van der Waals surface area (Å²) in [6.45, 7) is 8.29. The van der Waals surface area contributed by atoms with Gasteiger partial charge in [0, 0.05) is 25.7 Å². The Morgan fingerprint density at radius 1 is 1.38 bits per heavy atom. The molecule has 0 aromatic heterocycles. The van der Waals surface area contributed by atoms with Crippen LogP contribution in [0.2, 0.25) is 0 Å². The quantitative estimate of drug-likeness (QED) is 0.813. The number of hydroxylamine groups is 1. The fraction of sp³-hybridized carbons (Fsp3) is 0.533. The molecule has 116 valence electrons. The standard InChI is InChI=1S/C15H23N3O3/c1-10-9-11(2)14(12(3)13(10)17(4)20)21-8-7-18-6-5-16-15(18)19/h9,20H,5-8H2,1-4H3,(H,16,19). The van der Waals surface area contributed by atoms with Crippen LogP contribution >= 0.6 is 0 Å². The molecule has 0 radical (unpaired) electrons. The van der Waals surface area contributed by atoms with Crippen LogP contribution in [0, 0.1) is 20.8 Å². The largest absolute Gasteiger partial charge is 0.491 e. The second kappa shape index (κ2) is 6.22. The van der Waals surface area contributed by atoms with E-state index < -0.39 is 0 Å². The number of ether oxygens (including phenoxy) is 1. The average molecular weight is 293 g/mol. The number of nitrogens with one attached hydrogen (secondary N) is 1. The van der Waals surface area contributed by atoms with Crippen molar-refractivity contribution in [1.82, 2.24) is 10.2 Å². The van der Waals surface area contributed by atoms with Gasteiger partial charge in [0.2, 0.25) is 0 Å². The lowest BCUT2D eigenvalue weighted by Gasteiger charge is -2.22. The molecule has 2 rings (SSSR count). The normalized spacial score (nSPS) is 14.3. The van der Waals surface area contributed by atoms with E-state index in [9.17, 15) is 10.0 Å². The fourth-order valence-electron chi connectivity index (χ4n) is 2.86. The van der Waals surface area contributed by atoms with E-state index >= 15 is 0 Å². The van der Waals surface area contributed by atoms with Crippen LogP contribution in [0.4, 0.5) is 10.5 Å². The molecule has 0 bridgehead atoms. The van der Waals surface area contributed by atoms with Gasteiger partial charge in [0.25, 0.3) is 0 Å². The third-order valence-corrected chi connectivity index (χ3v) is 3.74. The van der Waals surface area contributed by atoms with E-state index in [4.69, 9.17) is 4.74 Å². The first kappa shape index (κ1) is 15.4. The fourth-order valence-corrected chi connectivity index (χ4v) is 2.86. The Morgan fingerprint density at radius 2 is 2.10 bits per heavy atom. The molecule has 1 heterocycles. The minimum absolute atomic E-state index is 0.0354. The average Bonchev–Trinajstić information content (AvgIpc) is 2.78. The molecular weight excluding hydrogens is 270 g/mol. The minimum Gasteiger partial charge on any atom is -0.491 e. The summed E-state index contributed by atoms with van der Waals surface area (Å²) in [6, 6.07) is 1.96. The first-order valence-electron chi connectivity index (χ1n) is 7.10. The lowest BCUT2D eigenvalue weighted by atomic mass is 10.0. The third-order valence-electron chi connectivity index (χ3n) is 3.74. The van der Waals surface area contributed by atoms with Crippen molar-refractivity contribution in [2.24, 2.45) is 0 Å². The first-order valence-corrected chi connectivity index (χ1v) is 7.10. The highest BCUT2D eigenvalue weighted by Crippen LogP contribution is 2.34. The van der Waals surface area contributed by atoms with Crippen molar-refractivity contribution in [3.63, 3.8) is 0 Å². The minimum atomic E-state index is -0.0354. The first-order chi connectivity index (χ1) is 9.91. The predicted molar refractivity (Wildman–Crippen MR) is 81.3 cm³/mol. The zero-order valence-corrected chi connectivity index (χ0v) is 13.1. The predicted octanol–water partition coefficient (Wildman–Crippen LogP) is 1.84. The molecule has 6 heteroatoms. The Morgan fingerprint density at radius 3 is 2.67 bits per heavy atom. The summed E-state index contributed by atoms with van der Waals surface area (Å²) < 4.78 is 5.86. The molecule has 0 saturated carbocycles. The van der Waals surface area contributed by atoms with Crippen LogP contribution in [0.1, 0.15) is 16.7 Å². The van der Waals surface area contributed by atoms with Crippen LogP contribution in [0.25, 0.3) is 0 Å². The SMILES string of the molecule is Cc1cc(C)c(N(C)O)c(C)c1OCCN1CCNC1=O. The molecule has 0 atom stereocenters. The van der Waals surface area contributed by atoms with Crippen molar-refractivity contribution >= 4 is 11.7 Å².